The third kappa shape index (κ3) is 5.17. The zero-order valence-corrected chi connectivity index (χ0v) is 12.2. The van der Waals surface area contributed by atoms with E-state index in [1.165, 1.54) is 0 Å². The van der Waals surface area contributed by atoms with Crippen LogP contribution in [0.1, 0.15) is 0 Å². The number of carbonyl (C=O) groups excluding carboxylic acids is 2. The molecule has 1 aliphatic rings. The standard InChI is InChI=1S/C15H21N3O3/c1-18-7-8-21-11-12(10-18)9-16-14(19)15(20)17-13-5-3-2-4-6-13/h2-6,12H,7-11H2,1H3,(H,16,19)(H,17,20). The number of para-hydroxylation sites is 1. The summed E-state index contributed by atoms with van der Waals surface area (Å²) in [7, 11) is 2.02. The van der Waals surface area contributed by atoms with E-state index in [1.807, 2.05) is 13.1 Å². The van der Waals surface area contributed by atoms with Gasteiger partial charge in [-0.05, 0) is 19.2 Å². The normalized spacial score (nSPS) is 19.6. The molecule has 0 saturated carbocycles. The van der Waals surface area contributed by atoms with Gasteiger partial charge in [-0.25, -0.2) is 0 Å². The van der Waals surface area contributed by atoms with Crippen LogP contribution in [0, 0.1) is 5.92 Å². The highest BCUT2D eigenvalue weighted by Crippen LogP contribution is 2.05. The van der Waals surface area contributed by atoms with Crippen molar-refractivity contribution in [2.45, 2.75) is 0 Å². The number of rotatable bonds is 3. The summed E-state index contributed by atoms with van der Waals surface area (Å²) in [6.45, 7) is 3.48. The van der Waals surface area contributed by atoms with E-state index >= 15 is 0 Å². The molecular weight excluding hydrogens is 270 g/mol. The Labute approximate surface area is 124 Å². The number of likely N-dealkylation sites (N-methyl/N-ethyl adjacent to an activating group) is 1. The van der Waals surface area contributed by atoms with Gasteiger partial charge in [0.25, 0.3) is 0 Å². The number of ether oxygens (including phenoxy) is 1. The number of nitrogens with zero attached hydrogens (tertiary/aromatic N) is 1. The number of carbonyl (C=O) groups is 2. The predicted molar refractivity (Wildman–Crippen MR) is 79.9 cm³/mol. The van der Waals surface area contributed by atoms with E-state index in [-0.39, 0.29) is 5.92 Å². The zero-order chi connectivity index (χ0) is 15.1. The van der Waals surface area contributed by atoms with Crippen LogP contribution in [0.4, 0.5) is 5.69 Å². The van der Waals surface area contributed by atoms with Gasteiger partial charge in [-0.3, -0.25) is 9.59 Å². The van der Waals surface area contributed by atoms with E-state index < -0.39 is 11.8 Å². The SMILES string of the molecule is CN1CCOCC(CNC(=O)C(=O)Nc2ccccc2)C1. The third-order valence-corrected chi connectivity index (χ3v) is 3.33. The molecule has 0 bridgehead atoms. The molecule has 0 aliphatic carbocycles. The van der Waals surface area contributed by atoms with Gasteiger partial charge >= 0.3 is 11.8 Å². The monoisotopic (exact) mass is 291 g/mol. The minimum atomic E-state index is -0.649. The summed E-state index contributed by atoms with van der Waals surface area (Å²) in [5, 5.41) is 5.22. The molecule has 1 unspecified atom stereocenters. The molecule has 1 aliphatic heterocycles. The van der Waals surface area contributed by atoms with E-state index in [9.17, 15) is 9.59 Å². The molecule has 0 radical (unpaired) electrons. The first-order chi connectivity index (χ1) is 10.1. The van der Waals surface area contributed by atoms with Gasteiger partial charge in [-0.15, -0.1) is 0 Å². The van der Waals surface area contributed by atoms with Gasteiger partial charge < -0.3 is 20.3 Å². The fraction of sp³-hybridized carbons (Fsp3) is 0.467. The maximum atomic E-state index is 11.8. The minimum absolute atomic E-state index is 0.200. The summed E-state index contributed by atoms with van der Waals surface area (Å²) < 4.78 is 5.47. The first kappa shape index (κ1) is 15.5. The van der Waals surface area contributed by atoms with E-state index in [4.69, 9.17) is 4.74 Å². The predicted octanol–water partition coefficient (Wildman–Crippen LogP) is 0.320. The Kier molecular flexibility index (Phi) is 5.71. The maximum absolute atomic E-state index is 11.8. The second kappa shape index (κ2) is 7.75. The van der Waals surface area contributed by atoms with Crippen LogP contribution in [0.25, 0.3) is 0 Å². The van der Waals surface area contributed by atoms with Crippen LogP contribution >= 0.6 is 0 Å². The lowest BCUT2D eigenvalue weighted by Crippen LogP contribution is -2.40. The Hall–Kier alpha value is -1.92. The topological polar surface area (TPSA) is 70.7 Å². The molecule has 6 heteroatoms. The molecule has 114 valence electrons. The average Bonchev–Trinajstić information content (AvgIpc) is 2.70. The van der Waals surface area contributed by atoms with E-state index in [0.29, 0.717) is 25.4 Å². The molecule has 1 saturated heterocycles. The van der Waals surface area contributed by atoms with Crippen LogP contribution in [-0.2, 0) is 14.3 Å². The number of nitrogens with one attached hydrogen (secondary N) is 2. The molecule has 6 nitrogen and oxygen atoms in total. The Bertz CT molecular complexity index is 478. The van der Waals surface area contributed by atoms with Crippen LogP contribution in [0.5, 0.6) is 0 Å². The molecule has 1 aromatic rings. The van der Waals surface area contributed by atoms with Gasteiger partial charge in [0.2, 0.25) is 0 Å². The van der Waals surface area contributed by atoms with Crippen LogP contribution in [-0.4, -0.2) is 56.6 Å². The first-order valence-corrected chi connectivity index (χ1v) is 7.05. The largest absolute Gasteiger partial charge is 0.380 e. The van der Waals surface area contributed by atoms with E-state index in [1.54, 1.807) is 24.3 Å². The summed E-state index contributed by atoms with van der Waals surface area (Å²) in [5.41, 5.74) is 0.607. The van der Waals surface area contributed by atoms with Gasteiger partial charge in [-0.2, -0.15) is 0 Å². The molecule has 1 atom stereocenters. The van der Waals surface area contributed by atoms with Crippen molar-refractivity contribution >= 4 is 17.5 Å². The minimum Gasteiger partial charge on any atom is -0.380 e. The summed E-state index contributed by atoms with van der Waals surface area (Å²) in [5.74, 6) is -1.07. The van der Waals surface area contributed by atoms with E-state index in [2.05, 4.69) is 15.5 Å². The highest BCUT2D eigenvalue weighted by Gasteiger charge is 2.19. The van der Waals surface area contributed by atoms with Crippen molar-refractivity contribution in [3.8, 4) is 0 Å². The first-order valence-electron chi connectivity index (χ1n) is 7.05. The molecule has 2 N–H and O–H groups in total. The highest BCUT2D eigenvalue weighted by atomic mass is 16.5. The molecule has 2 rings (SSSR count). The highest BCUT2D eigenvalue weighted by molar-refractivity contribution is 6.39. The number of anilines is 1. The lowest BCUT2D eigenvalue weighted by Gasteiger charge is -2.19. The van der Waals surface area contributed by atoms with Gasteiger partial charge in [0, 0.05) is 31.2 Å². The Morgan fingerprint density at radius 2 is 2.05 bits per heavy atom. The summed E-state index contributed by atoms with van der Waals surface area (Å²) in [6, 6.07) is 8.91. The van der Waals surface area contributed by atoms with Crippen LogP contribution in [0.2, 0.25) is 0 Å². The summed E-state index contributed by atoms with van der Waals surface area (Å²) in [4.78, 5) is 25.7. The lowest BCUT2D eigenvalue weighted by atomic mass is 10.1. The molecule has 1 heterocycles. The molecule has 0 spiro atoms. The molecule has 1 aromatic carbocycles. The lowest BCUT2D eigenvalue weighted by molar-refractivity contribution is -0.136. The third-order valence-electron chi connectivity index (χ3n) is 3.33. The maximum Gasteiger partial charge on any atom is 0.313 e. The van der Waals surface area contributed by atoms with E-state index in [0.717, 1.165) is 13.1 Å². The van der Waals surface area contributed by atoms with Gasteiger partial charge in [0.1, 0.15) is 0 Å². The summed E-state index contributed by atoms with van der Waals surface area (Å²) in [6.07, 6.45) is 0. The quantitative estimate of drug-likeness (QED) is 0.787. The molecule has 2 amide bonds. The number of amides is 2. The van der Waals surface area contributed by atoms with Crippen LogP contribution in [0.15, 0.2) is 30.3 Å². The molecular formula is C15H21N3O3. The zero-order valence-electron chi connectivity index (χ0n) is 12.2. The Morgan fingerprint density at radius 3 is 2.81 bits per heavy atom. The van der Waals surface area contributed by atoms with Crippen molar-refractivity contribution in [2.24, 2.45) is 5.92 Å². The number of hydrogen-bond donors (Lipinski definition) is 2. The molecule has 0 aromatic heterocycles. The van der Waals surface area contributed by atoms with Gasteiger partial charge in [0.15, 0.2) is 0 Å². The van der Waals surface area contributed by atoms with Crippen LogP contribution < -0.4 is 10.6 Å². The summed E-state index contributed by atoms with van der Waals surface area (Å²) >= 11 is 0. The second-order valence-electron chi connectivity index (χ2n) is 5.23. The van der Waals surface area contributed by atoms with Crippen molar-refractivity contribution in [3.63, 3.8) is 0 Å². The second-order valence-corrected chi connectivity index (χ2v) is 5.23. The van der Waals surface area contributed by atoms with Crippen molar-refractivity contribution in [3.05, 3.63) is 30.3 Å². The molecule has 1 fully saturated rings. The Balaban J connectivity index is 1.77. The fourth-order valence-electron chi connectivity index (χ4n) is 2.21. The smallest absolute Gasteiger partial charge is 0.313 e. The van der Waals surface area contributed by atoms with Crippen molar-refractivity contribution < 1.29 is 14.3 Å². The van der Waals surface area contributed by atoms with Crippen molar-refractivity contribution in [2.75, 3.05) is 45.2 Å². The van der Waals surface area contributed by atoms with Gasteiger partial charge in [0.05, 0.1) is 13.2 Å². The number of hydrogen-bond acceptors (Lipinski definition) is 4. The van der Waals surface area contributed by atoms with Crippen molar-refractivity contribution in [1.82, 2.24) is 10.2 Å². The Morgan fingerprint density at radius 1 is 1.29 bits per heavy atom. The fourth-order valence-corrected chi connectivity index (χ4v) is 2.21. The molecule has 21 heavy (non-hydrogen) atoms. The van der Waals surface area contributed by atoms with Crippen molar-refractivity contribution in [1.29, 1.82) is 0 Å². The van der Waals surface area contributed by atoms with Gasteiger partial charge in [-0.1, -0.05) is 18.2 Å². The van der Waals surface area contributed by atoms with Crippen LogP contribution in [0.3, 0.4) is 0 Å². The average molecular weight is 291 g/mol. The number of benzene rings is 1.